The molecule has 2 aliphatic rings. The van der Waals surface area contributed by atoms with Gasteiger partial charge in [-0.05, 0) is 64.2 Å². The van der Waals surface area contributed by atoms with Gasteiger partial charge in [0.15, 0.2) is 0 Å². The van der Waals surface area contributed by atoms with E-state index in [2.05, 4.69) is 0 Å². The summed E-state index contributed by atoms with van der Waals surface area (Å²) in [4.78, 5) is 0. The summed E-state index contributed by atoms with van der Waals surface area (Å²) in [6, 6.07) is 0. The molecule has 340 valence electrons. The van der Waals surface area contributed by atoms with Crippen LogP contribution >= 0.6 is 0 Å². The highest BCUT2D eigenvalue weighted by Crippen LogP contribution is 2.28. The van der Waals surface area contributed by atoms with Crippen LogP contribution in [0.5, 0.6) is 0 Å². The van der Waals surface area contributed by atoms with Gasteiger partial charge in [0.25, 0.3) is 0 Å². The van der Waals surface area contributed by atoms with Crippen LogP contribution in [0.1, 0.15) is 141 Å². The summed E-state index contributed by atoms with van der Waals surface area (Å²) in [5.41, 5.74) is 0. The topological polar surface area (TPSA) is 102 Å². The van der Waals surface area contributed by atoms with E-state index in [-0.39, 0.29) is 0 Å². The van der Waals surface area contributed by atoms with Crippen molar-refractivity contribution < 1.29 is 52.1 Å². The summed E-state index contributed by atoms with van der Waals surface area (Å²) >= 11 is 0. The molecule has 11 nitrogen and oxygen atoms in total. The lowest BCUT2D eigenvalue weighted by Gasteiger charge is -2.33. The Kier molecular flexibility index (Phi) is 39.1. The number of methoxy groups -OCH3 is 2. The summed E-state index contributed by atoms with van der Waals surface area (Å²) in [7, 11) is 3.36. The van der Waals surface area contributed by atoms with E-state index in [0.29, 0.717) is 103 Å². The van der Waals surface area contributed by atoms with E-state index < -0.39 is 0 Å². The largest absolute Gasteiger partial charge is 0.382 e. The van der Waals surface area contributed by atoms with Gasteiger partial charge in [-0.25, -0.2) is 0 Å². The van der Waals surface area contributed by atoms with Crippen LogP contribution in [0.2, 0.25) is 0 Å². The van der Waals surface area contributed by atoms with Crippen molar-refractivity contribution in [1.82, 2.24) is 0 Å². The lowest BCUT2D eigenvalue weighted by atomic mass is 9.90. The third-order valence-corrected chi connectivity index (χ3v) is 11.2. The molecule has 2 aliphatic heterocycles. The summed E-state index contributed by atoms with van der Waals surface area (Å²) in [6.07, 6.45) is 28.3. The molecule has 4 atom stereocenters. The smallest absolute Gasteiger partial charge is 0.0701 e. The van der Waals surface area contributed by atoms with E-state index in [0.717, 1.165) is 52.5 Å². The molecular weight excluding hydrogens is 728 g/mol. The third kappa shape index (κ3) is 32.9. The van der Waals surface area contributed by atoms with Crippen LogP contribution in [0.4, 0.5) is 0 Å². The number of hydrogen-bond acceptors (Lipinski definition) is 11. The second kappa shape index (κ2) is 42.3. The average Bonchev–Trinajstić information content (AvgIpc) is 3.24. The van der Waals surface area contributed by atoms with Gasteiger partial charge >= 0.3 is 0 Å². The SMILES string of the molecule is COCCOCCOCCOCCCCCCCCCC(COCC(CCCCCCCCCOCCOCCOCCOC)C1CCCCO1)C1CCCCO1. The standard InChI is InChI=1S/C46H90O11/c1-47-29-31-51-37-39-53-35-33-49-25-17-11-7-3-5-9-13-21-43(45-23-15-19-27-56-45)41-55-42-44(46-24-16-20-28-57-46)22-14-10-6-4-8-12-18-26-50-34-36-54-40-38-52-32-30-48-2/h43-46H,3-42H2,1-2H3. The first kappa shape index (κ1) is 52.7. The van der Waals surface area contributed by atoms with Gasteiger partial charge < -0.3 is 52.1 Å². The molecule has 0 amide bonds. The summed E-state index contributed by atoms with van der Waals surface area (Å²) in [6.45, 7) is 12.6. The zero-order chi connectivity index (χ0) is 40.4. The second-order valence-corrected chi connectivity index (χ2v) is 16.1. The van der Waals surface area contributed by atoms with E-state index in [4.69, 9.17) is 52.1 Å². The highest BCUT2D eigenvalue weighted by Gasteiger charge is 2.27. The predicted octanol–water partition coefficient (Wildman–Crippen LogP) is 9.01. The molecule has 0 spiro atoms. The first-order valence-electron chi connectivity index (χ1n) is 23.6. The Morgan fingerprint density at radius 2 is 0.667 bits per heavy atom. The fourth-order valence-electron chi connectivity index (χ4n) is 7.76. The normalized spacial score (nSPS) is 18.6. The third-order valence-electron chi connectivity index (χ3n) is 11.2. The van der Waals surface area contributed by atoms with Gasteiger partial charge in [-0.1, -0.05) is 77.0 Å². The van der Waals surface area contributed by atoms with Gasteiger partial charge in [0, 0.05) is 52.5 Å². The molecule has 2 heterocycles. The Morgan fingerprint density at radius 3 is 1.00 bits per heavy atom. The number of unbranched alkanes of at least 4 members (excludes halogenated alkanes) is 12. The Balaban J connectivity index is 1.50. The molecule has 57 heavy (non-hydrogen) atoms. The van der Waals surface area contributed by atoms with Gasteiger partial charge in [0.05, 0.1) is 105 Å². The summed E-state index contributed by atoms with van der Waals surface area (Å²) < 4.78 is 62.5. The zero-order valence-electron chi connectivity index (χ0n) is 37.1. The van der Waals surface area contributed by atoms with E-state index in [9.17, 15) is 0 Å². The van der Waals surface area contributed by atoms with E-state index in [1.165, 1.54) is 128 Å². The number of hydrogen-bond donors (Lipinski definition) is 0. The maximum Gasteiger partial charge on any atom is 0.0701 e. The Bertz CT molecular complexity index is 719. The molecule has 0 N–H and O–H groups in total. The fourth-order valence-corrected chi connectivity index (χ4v) is 7.76. The minimum Gasteiger partial charge on any atom is -0.382 e. The monoisotopic (exact) mass is 819 g/mol. The van der Waals surface area contributed by atoms with Crippen molar-refractivity contribution in [3.63, 3.8) is 0 Å². The van der Waals surface area contributed by atoms with Crippen LogP contribution in [-0.4, -0.2) is 145 Å². The van der Waals surface area contributed by atoms with Gasteiger partial charge in [-0.15, -0.1) is 0 Å². The molecule has 11 heteroatoms. The van der Waals surface area contributed by atoms with Crippen molar-refractivity contribution in [3.8, 4) is 0 Å². The average molecular weight is 819 g/mol. The Labute approximate surface area is 349 Å². The highest BCUT2D eigenvalue weighted by molar-refractivity contribution is 4.77. The van der Waals surface area contributed by atoms with Crippen molar-refractivity contribution in [2.24, 2.45) is 11.8 Å². The molecule has 2 rings (SSSR count). The maximum atomic E-state index is 6.62. The minimum atomic E-state index is 0.366. The first-order chi connectivity index (χ1) is 28.3. The van der Waals surface area contributed by atoms with E-state index >= 15 is 0 Å². The Hall–Kier alpha value is -0.440. The van der Waals surface area contributed by atoms with Crippen molar-refractivity contribution in [2.45, 2.75) is 153 Å². The number of rotatable bonds is 44. The molecule has 2 saturated heterocycles. The molecule has 0 aromatic carbocycles. The van der Waals surface area contributed by atoms with Gasteiger partial charge in [-0.2, -0.15) is 0 Å². The first-order valence-corrected chi connectivity index (χ1v) is 23.6. The van der Waals surface area contributed by atoms with Crippen molar-refractivity contribution in [1.29, 1.82) is 0 Å². The minimum absolute atomic E-state index is 0.366. The van der Waals surface area contributed by atoms with E-state index in [1.54, 1.807) is 14.2 Å². The van der Waals surface area contributed by atoms with Gasteiger partial charge in [0.1, 0.15) is 0 Å². The molecule has 0 bridgehead atoms. The van der Waals surface area contributed by atoms with Crippen LogP contribution < -0.4 is 0 Å². The quantitative estimate of drug-likeness (QED) is 0.0551. The fraction of sp³-hybridized carbons (Fsp3) is 1.00. The zero-order valence-corrected chi connectivity index (χ0v) is 37.1. The highest BCUT2D eigenvalue weighted by atomic mass is 16.6. The molecule has 0 aromatic heterocycles. The summed E-state index contributed by atoms with van der Waals surface area (Å²) in [5.74, 6) is 1.02. The Morgan fingerprint density at radius 1 is 0.351 bits per heavy atom. The lowest BCUT2D eigenvalue weighted by Crippen LogP contribution is -2.34. The van der Waals surface area contributed by atoms with Crippen LogP contribution in [0, 0.1) is 11.8 Å². The van der Waals surface area contributed by atoms with Gasteiger partial charge in [0.2, 0.25) is 0 Å². The van der Waals surface area contributed by atoms with Gasteiger partial charge in [-0.3, -0.25) is 0 Å². The van der Waals surface area contributed by atoms with Crippen molar-refractivity contribution >= 4 is 0 Å². The van der Waals surface area contributed by atoms with Crippen LogP contribution in [0.15, 0.2) is 0 Å². The van der Waals surface area contributed by atoms with Crippen molar-refractivity contribution in [2.75, 3.05) is 133 Å². The molecule has 0 aliphatic carbocycles. The predicted molar refractivity (Wildman–Crippen MR) is 228 cm³/mol. The van der Waals surface area contributed by atoms with Crippen molar-refractivity contribution in [3.05, 3.63) is 0 Å². The lowest BCUT2D eigenvalue weighted by molar-refractivity contribution is -0.0759. The molecule has 0 aromatic rings. The second-order valence-electron chi connectivity index (χ2n) is 16.1. The van der Waals surface area contributed by atoms with Crippen LogP contribution in [0.25, 0.3) is 0 Å². The molecule has 0 radical (unpaired) electrons. The molecular formula is C46H90O11. The maximum absolute atomic E-state index is 6.62. The van der Waals surface area contributed by atoms with Crippen LogP contribution in [-0.2, 0) is 52.1 Å². The van der Waals surface area contributed by atoms with E-state index in [1.807, 2.05) is 0 Å². The number of ether oxygens (including phenoxy) is 11. The molecule has 0 saturated carbocycles. The molecule has 2 fully saturated rings. The summed E-state index contributed by atoms with van der Waals surface area (Å²) in [5, 5.41) is 0. The molecule has 4 unspecified atom stereocenters. The van der Waals surface area contributed by atoms with Crippen LogP contribution in [0.3, 0.4) is 0 Å².